The number of halogens is 3. The first-order valence-electron chi connectivity index (χ1n) is 4.92. The quantitative estimate of drug-likeness (QED) is 0.402. The lowest BCUT2D eigenvalue weighted by molar-refractivity contribution is 0.102. The smallest absolute Gasteiger partial charge is 0.175 e. The summed E-state index contributed by atoms with van der Waals surface area (Å²) >= 11 is 13.3. The summed E-state index contributed by atoms with van der Waals surface area (Å²) in [7, 11) is 0. The highest BCUT2D eigenvalue weighted by atomic mass is 79.9. The van der Waals surface area contributed by atoms with Crippen LogP contribution in [0.4, 0.5) is 0 Å². The zero-order valence-electron chi connectivity index (χ0n) is 8.95. The molecular weight excluding hydrogens is 464 g/mol. The molecule has 1 nitrogen and oxygen atoms in total. The van der Waals surface area contributed by atoms with Crippen LogP contribution < -0.4 is 0 Å². The Labute approximate surface area is 139 Å². The van der Waals surface area contributed by atoms with Crippen molar-refractivity contribution in [3.63, 3.8) is 0 Å². The summed E-state index contributed by atoms with van der Waals surface area (Å²) in [6, 6.07) is 9.81. The number of carbonyl (C=O) groups is 1. The third kappa shape index (κ3) is 3.93. The number of thiophene rings is 1. The van der Waals surface area contributed by atoms with Crippen molar-refractivity contribution in [1.29, 1.82) is 0 Å². The van der Waals surface area contributed by atoms with Gasteiger partial charge in [-0.05, 0) is 56.1 Å². The first-order chi connectivity index (χ1) is 8.56. The average Bonchev–Trinajstić information content (AvgIpc) is 2.66. The molecule has 0 bridgehead atoms. The lowest BCUT2D eigenvalue weighted by Crippen LogP contribution is -2.01. The average molecular weight is 471 g/mol. The van der Waals surface area contributed by atoms with Crippen molar-refractivity contribution in [1.82, 2.24) is 0 Å². The minimum atomic E-state index is 0.133. The molecule has 0 aliphatic rings. The summed E-state index contributed by atoms with van der Waals surface area (Å²) in [6.45, 7) is 0. The highest BCUT2D eigenvalue weighted by molar-refractivity contribution is 9.12. The van der Waals surface area contributed by atoms with Gasteiger partial charge in [-0.3, -0.25) is 4.79 Å². The predicted octanol–water partition coefficient (Wildman–Crippen LogP) is 6.01. The molecule has 1 heterocycles. The highest BCUT2D eigenvalue weighted by Crippen LogP contribution is 2.33. The number of carbonyl (C=O) groups excluding carboxylic acids is 1. The SMILES string of the molecule is O=C(CSc1cccc(Br)c1)c1cc(Br)sc1Br. The van der Waals surface area contributed by atoms with Gasteiger partial charge in [-0.1, -0.05) is 22.0 Å². The van der Waals surface area contributed by atoms with Crippen molar-refractivity contribution in [2.45, 2.75) is 4.90 Å². The van der Waals surface area contributed by atoms with Crippen LogP contribution in [0.5, 0.6) is 0 Å². The van der Waals surface area contributed by atoms with Crippen LogP contribution in [0.2, 0.25) is 0 Å². The molecule has 0 amide bonds. The number of rotatable bonds is 4. The van der Waals surface area contributed by atoms with Crippen LogP contribution in [0.25, 0.3) is 0 Å². The summed E-state index contributed by atoms with van der Waals surface area (Å²) in [4.78, 5) is 13.1. The van der Waals surface area contributed by atoms with Crippen LogP contribution in [-0.2, 0) is 0 Å². The van der Waals surface area contributed by atoms with Gasteiger partial charge >= 0.3 is 0 Å². The van der Waals surface area contributed by atoms with Gasteiger partial charge in [-0.2, -0.15) is 0 Å². The van der Waals surface area contributed by atoms with Crippen LogP contribution in [0.15, 0.2) is 47.3 Å². The maximum atomic E-state index is 12.1. The molecule has 1 aromatic heterocycles. The Bertz CT molecular complexity index is 580. The molecule has 0 N–H and O–H groups in total. The fraction of sp³-hybridized carbons (Fsp3) is 0.0833. The van der Waals surface area contributed by atoms with Crippen molar-refractivity contribution in [2.75, 3.05) is 5.75 Å². The Morgan fingerprint density at radius 2 is 2.00 bits per heavy atom. The summed E-state index contributed by atoms with van der Waals surface area (Å²) < 4.78 is 2.87. The first-order valence-corrected chi connectivity index (χ1v) is 9.11. The fourth-order valence-corrected chi connectivity index (χ4v) is 5.56. The van der Waals surface area contributed by atoms with E-state index in [2.05, 4.69) is 47.8 Å². The molecule has 6 heteroatoms. The number of thioether (sulfide) groups is 1. The van der Waals surface area contributed by atoms with E-state index in [1.165, 1.54) is 11.3 Å². The van der Waals surface area contributed by atoms with E-state index in [9.17, 15) is 4.79 Å². The number of benzene rings is 1. The lowest BCUT2D eigenvalue weighted by Gasteiger charge is -2.01. The molecule has 0 saturated heterocycles. The molecule has 94 valence electrons. The summed E-state index contributed by atoms with van der Waals surface area (Å²) in [6.07, 6.45) is 0. The molecular formula is C12H7Br3OS2. The first kappa shape index (κ1) is 14.8. The second-order valence-corrected chi connectivity index (χ2v) is 9.12. The summed E-state index contributed by atoms with van der Waals surface area (Å²) in [5.74, 6) is 0.576. The van der Waals surface area contributed by atoms with E-state index in [4.69, 9.17) is 0 Å². The van der Waals surface area contributed by atoms with Gasteiger partial charge in [0.05, 0.1) is 13.3 Å². The van der Waals surface area contributed by atoms with E-state index in [1.54, 1.807) is 11.8 Å². The van der Waals surface area contributed by atoms with Crippen LogP contribution in [0, 0.1) is 0 Å². The van der Waals surface area contributed by atoms with Crippen LogP contribution in [0.1, 0.15) is 10.4 Å². The van der Waals surface area contributed by atoms with Crippen molar-refractivity contribution in [2.24, 2.45) is 0 Å². The second kappa shape index (κ2) is 6.70. The zero-order chi connectivity index (χ0) is 13.1. The van der Waals surface area contributed by atoms with Gasteiger partial charge < -0.3 is 0 Å². The third-order valence-corrected chi connectivity index (χ3v) is 5.95. The Hall–Kier alpha value is 0.380. The molecule has 0 saturated carbocycles. The van der Waals surface area contributed by atoms with E-state index in [0.717, 1.165) is 22.5 Å². The molecule has 0 unspecified atom stereocenters. The van der Waals surface area contributed by atoms with E-state index < -0.39 is 0 Å². The van der Waals surface area contributed by atoms with E-state index in [1.807, 2.05) is 30.3 Å². The number of hydrogen-bond acceptors (Lipinski definition) is 3. The van der Waals surface area contributed by atoms with Gasteiger partial charge in [0.1, 0.15) is 0 Å². The Kier molecular flexibility index (Phi) is 5.50. The zero-order valence-corrected chi connectivity index (χ0v) is 15.3. The van der Waals surface area contributed by atoms with E-state index >= 15 is 0 Å². The predicted molar refractivity (Wildman–Crippen MR) is 88.9 cm³/mol. The normalized spacial score (nSPS) is 10.6. The Morgan fingerprint density at radius 3 is 2.61 bits per heavy atom. The van der Waals surface area contributed by atoms with Crippen molar-refractivity contribution >= 4 is 76.7 Å². The van der Waals surface area contributed by atoms with Crippen LogP contribution in [-0.4, -0.2) is 11.5 Å². The van der Waals surface area contributed by atoms with Gasteiger partial charge in [0.25, 0.3) is 0 Å². The lowest BCUT2D eigenvalue weighted by atomic mass is 10.2. The van der Waals surface area contributed by atoms with Crippen LogP contribution in [0.3, 0.4) is 0 Å². The fourth-order valence-electron chi connectivity index (χ4n) is 1.31. The number of ketones is 1. The van der Waals surface area contributed by atoms with Crippen LogP contribution >= 0.6 is 70.9 Å². The highest BCUT2D eigenvalue weighted by Gasteiger charge is 2.13. The monoisotopic (exact) mass is 468 g/mol. The standard InChI is InChI=1S/C12H7Br3OS2/c13-7-2-1-3-8(4-7)17-6-10(16)9-5-11(14)18-12(9)15/h1-5H,6H2. The molecule has 0 fully saturated rings. The number of hydrogen-bond donors (Lipinski definition) is 0. The molecule has 0 aliphatic carbocycles. The Balaban J connectivity index is 2.03. The molecule has 0 atom stereocenters. The van der Waals surface area contributed by atoms with E-state index in [-0.39, 0.29) is 5.78 Å². The maximum Gasteiger partial charge on any atom is 0.175 e. The largest absolute Gasteiger partial charge is 0.293 e. The Morgan fingerprint density at radius 1 is 1.22 bits per heavy atom. The van der Waals surface area contributed by atoms with E-state index in [0.29, 0.717) is 5.75 Å². The maximum absolute atomic E-state index is 12.1. The van der Waals surface area contributed by atoms with Gasteiger partial charge in [0, 0.05) is 14.9 Å². The number of Topliss-reactive ketones (excluding diaryl/α,β-unsaturated/α-hetero) is 1. The van der Waals surface area contributed by atoms with Crippen molar-refractivity contribution in [3.8, 4) is 0 Å². The van der Waals surface area contributed by atoms with Crippen molar-refractivity contribution < 1.29 is 4.79 Å². The van der Waals surface area contributed by atoms with Gasteiger partial charge in [0.2, 0.25) is 0 Å². The minimum absolute atomic E-state index is 0.133. The molecule has 0 aliphatic heterocycles. The second-order valence-electron chi connectivity index (χ2n) is 3.41. The molecule has 0 spiro atoms. The minimum Gasteiger partial charge on any atom is -0.293 e. The van der Waals surface area contributed by atoms with Gasteiger partial charge in [-0.25, -0.2) is 0 Å². The molecule has 1 aromatic carbocycles. The summed E-state index contributed by atoms with van der Waals surface area (Å²) in [5.41, 5.74) is 0.745. The summed E-state index contributed by atoms with van der Waals surface area (Å²) in [5, 5.41) is 0. The molecule has 0 radical (unpaired) electrons. The molecule has 2 rings (SSSR count). The van der Waals surface area contributed by atoms with Crippen molar-refractivity contribution in [3.05, 3.63) is 47.9 Å². The molecule has 2 aromatic rings. The van der Waals surface area contributed by atoms with Gasteiger partial charge in [0.15, 0.2) is 5.78 Å². The van der Waals surface area contributed by atoms with Gasteiger partial charge in [-0.15, -0.1) is 23.1 Å². The third-order valence-electron chi connectivity index (χ3n) is 2.12. The topological polar surface area (TPSA) is 17.1 Å². The molecule has 18 heavy (non-hydrogen) atoms.